The average Bonchev–Trinajstić information content (AvgIpc) is 3.15. The normalized spacial score (nSPS) is 11.6. The van der Waals surface area contributed by atoms with Crippen molar-refractivity contribution in [2.45, 2.75) is 13.1 Å². The highest BCUT2D eigenvalue weighted by atomic mass is 35.5. The first-order valence-electron chi connectivity index (χ1n) is 9.81. The molecule has 1 heterocycles. The SMILES string of the molecule is COC(=O)c1ccc(-c2nn(C(=O)c3c(Cl)cccc3C(F)(F)F)c3cc(C)ccc23)c(F)c1. The molecule has 0 saturated carbocycles. The summed E-state index contributed by atoms with van der Waals surface area (Å²) in [5, 5.41) is 4.11. The molecule has 0 aliphatic carbocycles. The Hall–Kier alpha value is -3.72. The second-order valence-corrected chi connectivity index (χ2v) is 7.84. The number of carbonyl (C=O) groups excluding carboxylic acids is 2. The van der Waals surface area contributed by atoms with Crippen LogP contribution in [0.4, 0.5) is 17.6 Å². The molecule has 0 saturated heterocycles. The summed E-state index contributed by atoms with van der Waals surface area (Å²) in [6.45, 7) is 1.73. The first kappa shape index (κ1) is 23.4. The highest BCUT2D eigenvalue weighted by Crippen LogP contribution is 2.37. The summed E-state index contributed by atoms with van der Waals surface area (Å²) in [6, 6.07) is 11.4. The van der Waals surface area contributed by atoms with E-state index in [1.54, 1.807) is 25.1 Å². The Kier molecular flexibility index (Phi) is 5.91. The van der Waals surface area contributed by atoms with Gasteiger partial charge in [-0.25, -0.2) is 9.18 Å². The van der Waals surface area contributed by atoms with E-state index in [1.807, 2.05) is 0 Å². The molecule has 0 bridgehead atoms. The summed E-state index contributed by atoms with van der Waals surface area (Å²) in [5.74, 6) is -2.69. The number of alkyl halides is 3. The molecule has 0 N–H and O–H groups in total. The number of methoxy groups -OCH3 is 1. The van der Waals surface area contributed by atoms with E-state index < -0.39 is 40.0 Å². The van der Waals surface area contributed by atoms with E-state index in [0.29, 0.717) is 10.9 Å². The molecule has 0 spiro atoms. The van der Waals surface area contributed by atoms with Gasteiger partial charge in [0.25, 0.3) is 5.91 Å². The minimum Gasteiger partial charge on any atom is -0.465 e. The maximum Gasteiger partial charge on any atom is 0.417 e. The number of esters is 1. The molecule has 0 amide bonds. The molecule has 34 heavy (non-hydrogen) atoms. The highest BCUT2D eigenvalue weighted by molar-refractivity contribution is 6.34. The molecule has 174 valence electrons. The summed E-state index contributed by atoms with van der Waals surface area (Å²) < 4.78 is 61.1. The monoisotopic (exact) mass is 490 g/mol. The number of hydrogen-bond donors (Lipinski definition) is 0. The molecule has 4 rings (SSSR count). The van der Waals surface area contributed by atoms with Gasteiger partial charge in [-0.15, -0.1) is 0 Å². The van der Waals surface area contributed by atoms with Crippen LogP contribution in [0.25, 0.3) is 22.2 Å². The Morgan fingerprint density at radius 2 is 1.79 bits per heavy atom. The number of benzene rings is 3. The van der Waals surface area contributed by atoms with E-state index in [0.717, 1.165) is 30.0 Å². The van der Waals surface area contributed by atoms with E-state index >= 15 is 0 Å². The molecule has 5 nitrogen and oxygen atoms in total. The van der Waals surface area contributed by atoms with E-state index in [2.05, 4.69) is 9.84 Å². The van der Waals surface area contributed by atoms with Gasteiger partial charge >= 0.3 is 12.1 Å². The third-order valence-corrected chi connectivity index (χ3v) is 5.52. The molecule has 3 aromatic carbocycles. The Bertz CT molecular complexity index is 1460. The van der Waals surface area contributed by atoms with Crippen molar-refractivity contribution in [3.05, 3.63) is 87.7 Å². The highest BCUT2D eigenvalue weighted by Gasteiger charge is 2.37. The van der Waals surface area contributed by atoms with Gasteiger partial charge < -0.3 is 4.74 Å². The lowest BCUT2D eigenvalue weighted by molar-refractivity contribution is -0.137. The number of ether oxygens (including phenoxy) is 1. The fraction of sp³-hybridized carbons (Fsp3) is 0.125. The fourth-order valence-corrected chi connectivity index (χ4v) is 3.87. The first-order chi connectivity index (χ1) is 16.0. The average molecular weight is 491 g/mol. The molecule has 0 atom stereocenters. The number of aryl methyl sites for hydroxylation is 1. The van der Waals surface area contributed by atoms with Crippen LogP contribution < -0.4 is 0 Å². The number of fused-ring (bicyclic) bond motifs is 1. The third-order valence-electron chi connectivity index (χ3n) is 5.21. The lowest BCUT2D eigenvalue weighted by atomic mass is 10.0. The van der Waals surface area contributed by atoms with Crippen LogP contribution in [-0.4, -0.2) is 28.8 Å². The predicted molar refractivity (Wildman–Crippen MR) is 117 cm³/mol. The van der Waals surface area contributed by atoms with E-state index in [9.17, 15) is 27.2 Å². The first-order valence-corrected chi connectivity index (χ1v) is 10.2. The van der Waals surface area contributed by atoms with Crippen molar-refractivity contribution in [1.82, 2.24) is 9.78 Å². The summed E-state index contributed by atoms with van der Waals surface area (Å²) in [6.07, 6.45) is -4.84. The summed E-state index contributed by atoms with van der Waals surface area (Å²) in [4.78, 5) is 25.0. The Balaban J connectivity index is 1.96. The molecule has 0 fully saturated rings. The van der Waals surface area contributed by atoms with Crippen LogP contribution in [0.5, 0.6) is 0 Å². The van der Waals surface area contributed by atoms with Crippen molar-refractivity contribution < 1.29 is 31.9 Å². The lowest BCUT2D eigenvalue weighted by Crippen LogP contribution is -2.20. The van der Waals surface area contributed by atoms with Crippen molar-refractivity contribution in [1.29, 1.82) is 0 Å². The quantitative estimate of drug-likeness (QED) is 0.250. The molecule has 4 aromatic rings. The van der Waals surface area contributed by atoms with Gasteiger partial charge in [0, 0.05) is 10.9 Å². The Morgan fingerprint density at radius 1 is 1.06 bits per heavy atom. The fourth-order valence-electron chi connectivity index (χ4n) is 3.61. The number of rotatable bonds is 3. The summed E-state index contributed by atoms with van der Waals surface area (Å²) in [7, 11) is 1.15. The number of halogens is 5. The van der Waals surface area contributed by atoms with E-state index in [4.69, 9.17) is 11.6 Å². The molecular formula is C24H15ClF4N2O3. The second kappa shape index (κ2) is 8.57. The minimum absolute atomic E-state index is 0.0119. The van der Waals surface area contributed by atoms with Crippen LogP contribution in [0.15, 0.2) is 54.6 Å². The van der Waals surface area contributed by atoms with E-state index in [1.165, 1.54) is 18.2 Å². The van der Waals surface area contributed by atoms with Gasteiger partial charge in [-0.05, 0) is 48.9 Å². The molecule has 0 aliphatic rings. The maximum absolute atomic E-state index is 14.9. The van der Waals surface area contributed by atoms with Gasteiger partial charge in [0.2, 0.25) is 0 Å². The van der Waals surface area contributed by atoms with Gasteiger partial charge in [0.05, 0.1) is 34.3 Å². The van der Waals surface area contributed by atoms with Crippen molar-refractivity contribution in [3.8, 4) is 11.3 Å². The number of hydrogen-bond acceptors (Lipinski definition) is 4. The third kappa shape index (κ3) is 4.03. The zero-order chi connectivity index (χ0) is 24.8. The van der Waals surface area contributed by atoms with Crippen LogP contribution in [-0.2, 0) is 10.9 Å². The van der Waals surface area contributed by atoms with E-state index in [-0.39, 0.29) is 22.3 Å². The summed E-state index contributed by atoms with van der Waals surface area (Å²) >= 11 is 6.01. The molecular weight excluding hydrogens is 476 g/mol. The summed E-state index contributed by atoms with van der Waals surface area (Å²) in [5.41, 5.74) is -1.19. The molecule has 0 aliphatic heterocycles. The van der Waals surface area contributed by atoms with Crippen LogP contribution in [0.2, 0.25) is 5.02 Å². The topological polar surface area (TPSA) is 61.2 Å². The van der Waals surface area contributed by atoms with Crippen LogP contribution >= 0.6 is 11.6 Å². The van der Waals surface area contributed by atoms with Crippen LogP contribution in [0.3, 0.4) is 0 Å². The Labute approximate surface area is 195 Å². The number of nitrogens with zero attached hydrogens (tertiary/aromatic N) is 2. The molecule has 0 unspecified atom stereocenters. The number of aromatic nitrogens is 2. The van der Waals surface area contributed by atoms with Gasteiger partial charge in [0.15, 0.2) is 0 Å². The number of carbonyl (C=O) groups is 2. The van der Waals surface area contributed by atoms with Crippen molar-refractivity contribution in [2.24, 2.45) is 0 Å². The molecule has 10 heteroatoms. The van der Waals surface area contributed by atoms with Crippen LogP contribution in [0.1, 0.15) is 31.8 Å². The smallest absolute Gasteiger partial charge is 0.417 e. The van der Waals surface area contributed by atoms with Crippen molar-refractivity contribution >= 4 is 34.4 Å². The molecule has 1 aromatic heterocycles. The van der Waals surface area contributed by atoms with Crippen molar-refractivity contribution in [2.75, 3.05) is 7.11 Å². The largest absolute Gasteiger partial charge is 0.465 e. The minimum atomic E-state index is -4.84. The van der Waals surface area contributed by atoms with Gasteiger partial charge in [-0.2, -0.15) is 23.0 Å². The van der Waals surface area contributed by atoms with Gasteiger partial charge in [-0.1, -0.05) is 29.8 Å². The van der Waals surface area contributed by atoms with Crippen LogP contribution in [0, 0.1) is 12.7 Å². The van der Waals surface area contributed by atoms with Crippen molar-refractivity contribution in [3.63, 3.8) is 0 Å². The standard InChI is InChI=1S/C24H15ClF4N2O3/c1-12-6-8-15-19(10-12)31(22(32)20-16(24(27,28)29)4-3-5-17(20)25)30-21(15)14-9-7-13(11-18(14)26)23(33)34-2/h3-11H,1-2H3. The lowest BCUT2D eigenvalue weighted by Gasteiger charge is -2.13. The Morgan fingerprint density at radius 3 is 2.44 bits per heavy atom. The van der Waals surface area contributed by atoms with Gasteiger partial charge in [-0.3, -0.25) is 4.79 Å². The second-order valence-electron chi connectivity index (χ2n) is 7.43. The zero-order valence-corrected chi connectivity index (χ0v) is 18.5. The molecule has 0 radical (unpaired) electrons. The maximum atomic E-state index is 14.9. The predicted octanol–water partition coefficient (Wildman–Crippen LogP) is 6.30. The van der Waals surface area contributed by atoms with Gasteiger partial charge in [0.1, 0.15) is 11.5 Å². The zero-order valence-electron chi connectivity index (χ0n) is 17.7.